The second-order valence-electron chi connectivity index (χ2n) is 22.3. The number of esters is 3. The monoisotopic (exact) mass is 1150 g/mol. The van der Waals surface area contributed by atoms with Gasteiger partial charge in [-0.3, -0.25) is 14.4 Å². The van der Waals surface area contributed by atoms with Crippen LogP contribution in [0.2, 0.25) is 0 Å². The van der Waals surface area contributed by atoms with Crippen LogP contribution in [0.1, 0.15) is 303 Å². The molecule has 0 radical (unpaired) electrons. The Kier molecular flexibility index (Phi) is 65.8. The van der Waals surface area contributed by atoms with Crippen LogP contribution in [0.5, 0.6) is 0 Å². The summed E-state index contributed by atoms with van der Waals surface area (Å²) in [4.78, 5) is 38.4. The quantitative estimate of drug-likeness (QED) is 0.0261. The van der Waals surface area contributed by atoms with Gasteiger partial charge in [-0.1, -0.05) is 295 Å². The van der Waals surface area contributed by atoms with Crippen LogP contribution in [0.3, 0.4) is 0 Å². The first-order chi connectivity index (χ1) is 41.0. The fourth-order valence-electron chi connectivity index (χ4n) is 9.30. The summed E-state index contributed by atoms with van der Waals surface area (Å²) in [7, 11) is 0. The van der Waals surface area contributed by atoms with E-state index in [0.29, 0.717) is 19.3 Å². The molecule has 6 nitrogen and oxygen atoms in total. The maximum absolute atomic E-state index is 12.9. The van der Waals surface area contributed by atoms with Crippen LogP contribution in [0, 0.1) is 0 Å². The van der Waals surface area contributed by atoms with E-state index in [0.717, 1.165) is 141 Å². The van der Waals surface area contributed by atoms with Crippen LogP contribution in [0.25, 0.3) is 0 Å². The molecule has 0 saturated carbocycles. The molecule has 0 bridgehead atoms. The molecule has 1 unspecified atom stereocenters. The van der Waals surface area contributed by atoms with Gasteiger partial charge in [0.05, 0.1) is 0 Å². The van der Waals surface area contributed by atoms with Gasteiger partial charge in [0.1, 0.15) is 13.2 Å². The molecule has 0 amide bonds. The van der Waals surface area contributed by atoms with Crippen LogP contribution in [0.15, 0.2) is 146 Å². The molecule has 0 aromatic rings. The second-order valence-corrected chi connectivity index (χ2v) is 22.3. The normalized spacial score (nSPS) is 13.0. The lowest BCUT2D eigenvalue weighted by molar-refractivity contribution is -0.167. The standard InChI is InChI=1S/C77H126O6/c1-4-7-10-13-16-19-22-25-27-29-31-33-35-36-37-38-39-40-42-43-45-47-49-52-55-58-61-64-67-70-76(79)82-73-74(72-81-75(78)69-66-63-60-57-54-51-24-21-18-15-12-9-6-3)83-77(80)71-68-65-62-59-56-53-50-48-46-44-41-34-32-30-28-26-23-20-17-14-11-8-5-2/h7-12,16-21,25-28,31-34,36-37,51,54,74H,4-6,13-15,22-24,29-30,35,38-50,52-53,55-73H2,1-3H3/b10-7-,11-8-,12-9-,19-16-,20-17-,21-18-,27-25-,28-26-,33-31-,34-32-,37-36-,54-51-. The van der Waals surface area contributed by atoms with Gasteiger partial charge in [-0.05, 0) is 135 Å². The van der Waals surface area contributed by atoms with E-state index in [1.807, 2.05) is 0 Å². The molecule has 0 aliphatic heterocycles. The van der Waals surface area contributed by atoms with Crippen molar-refractivity contribution in [3.05, 3.63) is 146 Å². The summed E-state index contributed by atoms with van der Waals surface area (Å²) < 4.78 is 16.9. The van der Waals surface area contributed by atoms with Crippen molar-refractivity contribution in [2.75, 3.05) is 13.2 Å². The smallest absolute Gasteiger partial charge is 0.306 e. The van der Waals surface area contributed by atoms with Crippen molar-refractivity contribution < 1.29 is 28.6 Å². The zero-order valence-corrected chi connectivity index (χ0v) is 53.9. The molecule has 0 rings (SSSR count). The molecule has 470 valence electrons. The molecular weight excluding hydrogens is 1020 g/mol. The number of ether oxygens (including phenoxy) is 3. The Labute approximate surface area is 512 Å². The van der Waals surface area contributed by atoms with Gasteiger partial charge in [0.15, 0.2) is 6.10 Å². The van der Waals surface area contributed by atoms with Crippen LogP contribution >= 0.6 is 0 Å². The van der Waals surface area contributed by atoms with Crippen molar-refractivity contribution in [3.63, 3.8) is 0 Å². The third kappa shape index (κ3) is 68.0. The second kappa shape index (κ2) is 69.8. The van der Waals surface area contributed by atoms with E-state index in [1.165, 1.54) is 122 Å². The van der Waals surface area contributed by atoms with Gasteiger partial charge in [-0.15, -0.1) is 0 Å². The first kappa shape index (κ1) is 78.3. The van der Waals surface area contributed by atoms with Crippen LogP contribution in [-0.2, 0) is 28.6 Å². The average Bonchev–Trinajstić information content (AvgIpc) is 3.49. The Bertz CT molecular complexity index is 1800. The first-order valence-corrected chi connectivity index (χ1v) is 34.3. The van der Waals surface area contributed by atoms with Gasteiger partial charge in [-0.2, -0.15) is 0 Å². The lowest BCUT2D eigenvalue weighted by Crippen LogP contribution is -2.30. The van der Waals surface area contributed by atoms with Gasteiger partial charge in [-0.25, -0.2) is 0 Å². The number of allylic oxidation sites excluding steroid dienone is 24. The summed E-state index contributed by atoms with van der Waals surface area (Å²) in [6, 6.07) is 0. The number of carbonyl (C=O) groups excluding carboxylic acids is 3. The largest absolute Gasteiger partial charge is 0.462 e. The topological polar surface area (TPSA) is 78.9 Å². The molecule has 0 aromatic heterocycles. The minimum Gasteiger partial charge on any atom is -0.462 e. The molecule has 83 heavy (non-hydrogen) atoms. The highest BCUT2D eigenvalue weighted by molar-refractivity contribution is 5.71. The Hall–Kier alpha value is -4.71. The van der Waals surface area contributed by atoms with Crippen LogP contribution < -0.4 is 0 Å². The van der Waals surface area contributed by atoms with Crippen molar-refractivity contribution in [2.24, 2.45) is 0 Å². The molecule has 0 aliphatic carbocycles. The number of rotatable bonds is 61. The van der Waals surface area contributed by atoms with Gasteiger partial charge in [0.25, 0.3) is 0 Å². The van der Waals surface area contributed by atoms with Gasteiger partial charge in [0.2, 0.25) is 0 Å². The van der Waals surface area contributed by atoms with E-state index in [2.05, 4.69) is 167 Å². The van der Waals surface area contributed by atoms with Crippen LogP contribution in [-0.4, -0.2) is 37.2 Å². The van der Waals surface area contributed by atoms with Gasteiger partial charge >= 0.3 is 17.9 Å². The van der Waals surface area contributed by atoms with Crippen molar-refractivity contribution in [3.8, 4) is 0 Å². The maximum Gasteiger partial charge on any atom is 0.306 e. The van der Waals surface area contributed by atoms with E-state index in [-0.39, 0.29) is 31.1 Å². The summed E-state index contributed by atoms with van der Waals surface area (Å²) in [5.74, 6) is -0.924. The van der Waals surface area contributed by atoms with E-state index in [1.54, 1.807) is 0 Å². The number of hydrogen-bond donors (Lipinski definition) is 0. The zero-order chi connectivity index (χ0) is 59.9. The van der Waals surface area contributed by atoms with Gasteiger partial charge < -0.3 is 14.2 Å². The highest BCUT2D eigenvalue weighted by Crippen LogP contribution is 2.16. The van der Waals surface area contributed by atoms with Crippen molar-refractivity contribution in [2.45, 2.75) is 309 Å². The molecule has 0 aliphatic rings. The predicted molar refractivity (Wildman–Crippen MR) is 362 cm³/mol. The maximum atomic E-state index is 12.9. The van der Waals surface area contributed by atoms with Crippen molar-refractivity contribution in [1.82, 2.24) is 0 Å². The summed E-state index contributed by atoms with van der Waals surface area (Å²) >= 11 is 0. The van der Waals surface area contributed by atoms with E-state index in [9.17, 15) is 14.4 Å². The Morgan fingerprint density at radius 2 is 0.434 bits per heavy atom. The Morgan fingerprint density at radius 3 is 0.687 bits per heavy atom. The lowest BCUT2D eigenvalue weighted by Gasteiger charge is -2.18. The molecule has 0 heterocycles. The SMILES string of the molecule is CC/C=C\C/C=C\C/C=C\C/C=C\C/C=C\CCCCCCCCCCCCCCCC(=O)OCC(COC(=O)CCCCC/C=C\C/C=C\C/C=C\CC)OC(=O)CCCCCCCCCCCC/C=C\C/C=C\C/C=C\C/C=C\CC. The number of carbonyl (C=O) groups is 3. The third-order valence-corrected chi connectivity index (χ3v) is 14.3. The Morgan fingerprint density at radius 1 is 0.241 bits per heavy atom. The molecule has 0 saturated heterocycles. The van der Waals surface area contributed by atoms with Crippen LogP contribution in [0.4, 0.5) is 0 Å². The molecule has 0 spiro atoms. The summed E-state index contributed by atoms with van der Waals surface area (Å²) in [6.45, 7) is 6.29. The lowest BCUT2D eigenvalue weighted by atomic mass is 10.0. The first-order valence-electron chi connectivity index (χ1n) is 34.3. The van der Waals surface area contributed by atoms with E-state index < -0.39 is 6.10 Å². The fraction of sp³-hybridized carbons (Fsp3) is 0.649. The molecule has 0 fully saturated rings. The molecule has 1 atom stereocenters. The van der Waals surface area contributed by atoms with Gasteiger partial charge in [0, 0.05) is 19.3 Å². The predicted octanol–water partition coefficient (Wildman–Crippen LogP) is 23.9. The highest BCUT2D eigenvalue weighted by atomic mass is 16.6. The van der Waals surface area contributed by atoms with E-state index in [4.69, 9.17) is 14.2 Å². The van der Waals surface area contributed by atoms with E-state index >= 15 is 0 Å². The summed E-state index contributed by atoms with van der Waals surface area (Å²) in [5.41, 5.74) is 0. The molecule has 6 heteroatoms. The highest BCUT2D eigenvalue weighted by Gasteiger charge is 2.19. The fourth-order valence-corrected chi connectivity index (χ4v) is 9.30. The molecular formula is C77H126O6. The number of unbranched alkanes of at least 4 members (excludes halogenated alkanes) is 26. The zero-order valence-electron chi connectivity index (χ0n) is 53.9. The number of hydrogen-bond acceptors (Lipinski definition) is 6. The Balaban J connectivity index is 4.31. The summed E-state index contributed by atoms with van der Waals surface area (Å²) in [5, 5.41) is 0. The minimum absolute atomic E-state index is 0.0929. The molecule has 0 aromatic carbocycles. The minimum atomic E-state index is -0.800. The van der Waals surface area contributed by atoms with Crippen molar-refractivity contribution >= 4 is 17.9 Å². The third-order valence-electron chi connectivity index (χ3n) is 14.3. The molecule has 0 N–H and O–H groups in total. The van der Waals surface area contributed by atoms with Crippen molar-refractivity contribution in [1.29, 1.82) is 0 Å². The average molecular weight is 1150 g/mol. The summed E-state index contributed by atoms with van der Waals surface area (Å²) in [6.07, 6.45) is 100.